The van der Waals surface area contributed by atoms with Gasteiger partial charge in [0.2, 0.25) is 0 Å². The van der Waals surface area contributed by atoms with Crippen LogP contribution in [-0.4, -0.2) is 48.1 Å². The average molecular weight is 495 g/mol. The number of nitrogens with zero attached hydrogens (tertiary/aromatic N) is 2. The number of rotatable bonds is 9. The van der Waals surface area contributed by atoms with E-state index in [1.54, 1.807) is 6.07 Å². The molecule has 2 N–H and O–H groups in total. The Morgan fingerprint density at radius 3 is 2.41 bits per heavy atom. The number of nitrogens with one attached hydrogen (secondary N) is 2. The van der Waals surface area contributed by atoms with Crippen molar-refractivity contribution in [2.75, 3.05) is 25.5 Å². The standard InChI is InChI=1S/C27H31ClN4OS/c1-29-25(12-16-30-22-10-6-3-7-11-22)32(27(33)26-24(28)15-19-34-26)23-13-17-31(18-14-23)20-21-8-4-2-5-9-21/h2-12,15-16,19,23,25,29-30H,13-14,17-18,20H2,1H3/b16-12-. The molecule has 5 nitrogen and oxygen atoms in total. The molecule has 178 valence electrons. The number of likely N-dealkylation sites (N-methyl/N-ethyl adjacent to an activating group) is 1. The Balaban J connectivity index is 1.48. The van der Waals surface area contributed by atoms with Crippen LogP contribution in [0.5, 0.6) is 0 Å². The highest BCUT2D eigenvalue weighted by molar-refractivity contribution is 7.12. The molecule has 1 fully saturated rings. The maximum Gasteiger partial charge on any atom is 0.267 e. The van der Waals surface area contributed by atoms with Crippen LogP contribution < -0.4 is 10.6 Å². The first-order chi connectivity index (χ1) is 16.7. The van der Waals surface area contributed by atoms with E-state index in [2.05, 4.69) is 39.8 Å². The Kier molecular flexibility index (Phi) is 8.77. The van der Waals surface area contributed by atoms with Gasteiger partial charge < -0.3 is 10.2 Å². The summed E-state index contributed by atoms with van der Waals surface area (Å²) < 4.78 is 0. The molecule has 7 heteroatoms. The van der Waals surface area contributed by atoms with E-state index in [0.717, 1.165) is 38.2 Å². The highest BCUT2D eigenvalue weighted by atomic mass is 35.5. The fraction of sp³-hybridized carbons (Fsp3) is 0.296. The summed E-state index contributed by atoms with van der Waals surface area (Å²) in [6, 6.07) is 22.5. The SMILES string of the molecule is CNC(/C=C\Nc1ccccc1)N(C(=O)c1sccc1Cl)C1CCN(Cc2ccccc2)CC1. The third-order valence-corrected chi connectivity index (χ3v) is 7.47. The first-order valence-corrected chi connectivity index (χ1v) is 12.9. The van der Waals surface area contributed by atoms with E-state index in [1.165, 1.54) is 16.9 Å². The molecule has 1 aromatic heterocycles. The molecule has 2 aromatic carbocycles. The predicted molar refractivity (Wildman–Crippen MR) is 142 cm³/mol. The largest absolute Gasteiger partial charge is 0.362 e. The summed E-state index contributed by atoms with van der Waals surface area (Å²) in [5.74, 6) is -0.0229. The van der Waals surface area contributed by atoms with Crippen molar-refractivity contribution in [3.63, 3.8) is 0 Å². The molecule has 1 aliphatic heterocycles. The van der Waals surface area contributed by atoms with Crippen molar-refractivity contribution in [2.45, 2.75) is 31.6 Å². The van der Waals surface area contributed by atoms with Gasteiger partial charge in [0, 0.05) is 37.6 Å². The summed E-state index contributed by atoms with van der Waals surface area (Å²) in [6.07, 6.45) is 5.48. The molecule has 1 atom stereocenters. The lowest BCUT2D eigenvalue weighted by Crippen LogP contribution is -2.54. The van der Waals surface area contributed by atoms with E-state index < -0.39 is 0 Å². The lowest BCUT2D eigenvalue weighted by molar-refractivity contribution is 0.0461. The lowest BCUT2D eigenvalue weighted by atomic mass is 10.0. The molecule has 0 radical (unpaired) electrons. The minimum Gasteiger partial charge on any atom is -0.362 e. The van der Waals surface area contributed by atoms with Gasteiger partial charge in [0.25, 0.3) is 5.91 Å². The molecular weight excluding hydrogens is 464 g/mol. The number of carbonyl (C=O) groups is 1. The molecule has 0 saturated carbocycles. The number of thiophene rings is 1. The number of carbonyl (C=O) groups excluding carboxylic acids is 1. The van der Waals surface area contributed by atoms with Crippen LogP contribution in [0.4, 0.5) is 5.69 Å². The van der Waals surface area contributed by atoms with Gasteiger partial charge in [-0.25, -0.2) is 0 Å². The number of halogens is 1. The number of anilines is 1. The Labute approximate surface area is 211 Å². The van der Waals surface area contributed by atoms with Gasteiger partial charge in [-0.1, -0.05) is 60.1 Å². The molecule has 2 heterocycles. The maximum atomic E-state index is 13.7. The minimum absolute atomic E-state index is 0.0229. The van der Waals surface area contributed by atoms with E-state index in [9.17, 15) is 4.79 Å². The van der Waals surface area contributed by atoms with Crippen molar-refractivity contribution in [1.82, 2.24) is 15.1 Å². The number of hydrogen-bond donors (Lipinski definition) is 2. The lowest BCUT2D eigenvalue weighted by Gasteiger charge is -2.41. The van der Waals surface area contributed by atoms with Crippen molar-refractivity contribution >= 4 is 34.5 Å². The number of piperidine rings is 1. The second-order valence-corrected chi connectivity index (χ2v) is 9.73. The topological polar surface area (TPSA) is 47.6 Å². The van der Waals surface area contributed by atoms with Crippen LogP contribution in [-0.2, 0) is 6.54 Å². The summed E-state index contributed by atoms with van der Waals surface area (Å²) in [5.41, 5.74) is 2.32. The molecular formula is C27H31ClN4OS. The van der Waals surface area contributed by atoms with Gasteiger partial charge in [0.05, 0.1) is 5.02 Å². The van der Waals surface area contributed by atoms with Crippen molar-refractivity contribution < 1.29 is 4.79 Å². The van der Waals surface area contributed by atoms with Crippen molar-refractivity contribution in [2.24, 2.45) is 0 Å². The quantitative estimate of drug-likeness (QED) is 0.376. The van der Waals surface area contributed by atoms with Crippen LogP contribution in [0, 0.1) is 0 Å². The van der Waals surface area contributed by atoms with Gasteiger partial charge in [-0.05, 0) is 55.1 Å². The van der Waals surface area contributed by atoms with Crippen LogP contribution in [0.2, 0.25) is 5.02 Å². The fourth-order valence-electron chi connectivity index (χ4n) is 4.38. The van der Waals surface area contributed by atoms with Gasteiger partial charge in [-0.2, -0.15) is 0 Å². The van der Waals surface area contributed by atoms with Crippen LogP contribution in [0.1, 0.15) is 28.1 Å². The summed E-state index contributed by atoms with van der Waals surface area (Å²) in [7, 11) is 1.89. The fourth-order valence-corrected chi connectivity index (χ4v) is 5.46. The van der Waals surface area contributed by atoms with Crippen molar-refractivity contribution in [3.8, 4) is 0 Å². The van der Waals surface area contributed by atoms with E-state index >= 15 is 0 Å². The van der Waals surface area contributed by atoms with Gasteiger partial charge in [-0.15, -0.1) is 11.3 Å². The van der Waals surface area contributed by atoms with Gasteiger partial charge in [-0.3, -0.25) is 15.0 Å². The number of hydrogen-bond acceptors (Lipinski definition) is 5. The Bertz CT molecular complexity index is 1060. The smallest absolute Gasteiger partial charge is 0.267 e. The van der Waals surface area contributed by atoms with Crippen LogP contribution in [0.3, 0.4) is 0 Å². The first kappa shape index (κ1) is 24.5. The summed E-state index contributed by atoms with van der Waals surface area (Å²) >= 11 is 7.77. The van der Waals surface area contributed by atoms with Gasteiger partial charge in [0.1, 0.15) is 11.0 Å². The summed E-state index contributed by atoms with van der Waals surface area (Å²) in [5, 5.41) is 9.01. The Morgan fingerprint density at radius 2 is 1.79 bits per heavy atom. The number of amides is 1. The average Bonchev–Trinajstić information content (AvgIpc) is 3.31. The van der Waals surface area contributed by atoms with Crippen molar-refractivity contribution in [1.29, 1.82) is 0 Å². The Hall–Kier alpha value is -2.64. The van der Waals surface area contributed by atoms with Gasteiger partial charge in [0.15, 0.2) is 0 Å². The zero-order chi connectivity index (χ0) is 23.8. The zero-order valence-corrected chi connectivity index (χ0v) is 20.9. The molecule has 0 spiro atoms. The molecule has 1 amide bonds. The molecule has 1 saturated heterocycles. The van der Waals surface area contributed by atoms with E-state index in [0.29, 0.717) is 9.90 Å². The molecule has 34 heavy (non-hydrogen) atoms. The predicted octanol–water partition coefficient (Wildman–Crippen LogP) is 5.68. The highest BCUT2D eigenvalue weighted by Gasteiger charge is 2.33. The summed E-state index contributed by atoms with van der Waals surface area (Å²) in [4.78, 5) is 18.7. The van der Waals surface area contributed by atoms with E-state index in [4.69, 9.17) is 11.6 Å². The highest BCUT2D eigenvalue weighted by Crippen LogP contribution is 2.28. The van der Waals surface area contributed by atoms with Crippen LogP contribution in [0.25, 0.3) is 0 Å². The van der Waals surface area contributed by atoms with Crippen LogP contribution in [0.15, 0.2) is 84.4 Å². The van der Waals surface area contributed by atoms with E-state index in [-0.39, 0.29) is 18.1 Å². The van der Waals surface area contributed by atoms with E-state index in [1.807, 2.05) is 66.0 Å². The molecule has 0 aliphatic carbocycles. The first-order valence-electron chi connectivity index (χ1n) is 11.6. The Morgan fingerprint density at radius 1 is 1.12 bits per heavy atom. The third kappa shape index (κ3) is 6.27. The number of para-hydroxylation sites is 1. The zero-order valence-electron chi connectivity index (χ0n) is 19.4. The third-order valence-electron chi connectivity index (χ3n) is 6.14. The second-order valence-electron chi connectivity index (χ2n) is 8.41. The maximum absolute atomic E-state index is 13.7. The molecule has 4 rings (SSSR count). The van der Waals surface area contributed by atoms with Crippen molar-refractivity contribution in [3.05, 3.63) is 99.8 Å². The number of likely N-dealkylation sites (tertiary alicyclic amines) is 1. The molecule has 1 unspecified atom stereocenters. The normalized spacial score (nSPS) is 15.9. The number of benzene rings is 2. The van der Waals surface area contributed by atoms with Gasteiger partial charge >= 0.3 is 0 Å². The molecule has 0 bridgehead atoms. The molecule has 1 aliphatic rings. The summed E-state index contributed by atoms with van der Waals surface area (Å²) in [6.45, 7) is 2.84. The second kappa shape index (κ2) is 12.2. The monoisotopic (exact) mass is 494 g/mol. The molecule has 3 aromatic rings. The van der Waals surface area contributed by atoms with Crippen LogP contribution >= 0.6 is 22.9 Å². The minimum atomic E-state index is -0.257.